The Kier molecular flexibility index (Phi) is 8.59. The molecule has 0 heterocycles. The van der Waals surface area contributed by atoms with E-state index in [1.165, 1.54) is 5.57 Å². The average molecular weight is 223 g/mol. The first-order chi connectivity index (χ1) is 7.56. The van der Waals surface area contributed by atoms with Crippen LogP contribution in [0, 0.1) is 5.92 Å². The fraction of sp³-hybridized carbons (Fsp3) is 0.643. The summed E-state index contributed by atoms with van der Waals surface area (Å²) >= 11 is 0. The summed E-state index contributed by atoms with van der Waals surface area (Å²) in [6.07, 6.45) is 7.68. The quantitative estimate of drug-likeness (QED) is 0.495. The summed E-state index contributed by atoms with van der Waals surface area (Å²) in [5, 5.41) is 2.89. The Hall–Kier alpha value is -1.05. The monoisotopic (exact) mass is 223 g/mol. The van der Waals surface area contributed by atoms with Crippen LogP contribution < -0.4 is 5.32 Å². The van der Waals surface area contributed by atoms with E-state index in [2.05, 4.69) is 38.7 Å². The molecule has 16 heavy (non-hydrogen) atoms. The molecule has 1 N–H and O–H groups in total. The van der Waals surface area contributed by atoms with Gasteiger partial charge >= 0.3 is 0 Å². The molecule has 2 nitrogen and oxygen atoms in total. The van der Waals surface area contributed by atoms with Gasteiger partial charge in [-0.2, -0.15) is 0 Å². The van der Waals surface area contributed by atoms with Crippen molar-refractivity contribution >= 4 is 5.91 Å². The van der Waals surface area contributed by atoms with Gasteiger partial charge in [-0.15, -0.1) is 6.58 Å². The van der Waals surface area contributed by atoms with Crippen molar-refractivity contribution in [3.63, 3.8) is 0 Å². The molecule has 0 saturated carbocycles. The van der Waals surface area contributed by atoms with Gasteiger partial charge in [0.2, 0.25) is 5.91 Å². The summed E-state index contributed by atoms with van der Waals surface area (Å²) in [6.45, 7) is 10.7. The standard InChI is InChI=1S/C14H25NO/c1-5-6-10-15-14(16)11-13(4)9-7-8-12(2)3/h5,8,13H,1,6-7,9-11H2,2-4H3,(H,15,16). The van der Waals surface area contributed by atoms with Gasteiger partial charge in [-0.3, -0.25) is 4.79 Å². The van der Waals surface area contributed by atoms with Gasteiger partial charge in [0.15, 0.2) is 0 Å². The zero-order valence-corrected chi connectivity index (χ0v) is 10.9. The number of nitrogens with one attached hydrogen (secondary N) is 1. The van der Waals surface area contributed by atoms with Gasteiger partial charge in [0.1, 0.15) is 0 Å². The van der Waals surface area contributed by atoms with Gasteiger partial charge < -0.3 is 5.32 Å². The summed E-state index contributed by atoms with van der Waals surface area (Å²) in [5.74, 6) is 0.617. The van der Waals surface area contributed by atoms with E-state index >= 15 is 0 Å². The smallest absolute Gasteiger partial charge is 0.220 e. The molecule has 0 bridgehead atoms. The second-order valence-corrected chi connectivity index (χ2v) is 4.60. The fourth-order valence-corrected chi connectivity index (χ4v) is 1.46. The molecule has 2 heteroatoms. The lowest BCUT2D eigenvalue weighted by atomic mass is 10.0. The molecule has 0 spiro atoms. The second-order valence-electron chi connectivity index (χ2n) is 4.60. The largest absolute Gasteiger partial charge is 0.356 e. The van der Waals surface area contributed by atoms with Crippen molar-refractivity contribution < 1.29 is 4.79 Å². The lowest BCUT2D eigenvalue weighted by molar-refractivity contribution is -0.121. The van der Waals surface area contributed by atoms with E-state index < -0.39 is 0 Å². The van der Waals surface area contributed by atoms with Crippen molar-refractivity contribution in [2.75, 3.05) is 6.54 Å². The van der Waals surface area contributed by atoms with E-state index in [9.17, 15) is 4.79 Å². The minimum atomic E-state index is 0.159. The Morgan fingerprint density at radius 3 is 2.62 bits per heavy atom. The Morgan fingerprint density at radius 1 is 1.38 bits per heavy atom. The highest BCUT2D eigenvalue weighted by Crippen LogP contribution is 2.11. The Morgan fingerprint density at radius 2 is 2.06 bits per heavy atom. The van der Waals surface area contributed by atoms with Crippen molar-refractivity contribution in [1.82, 2.24) is 5.32 Å². The lowest BCUT2D eigenvalue weighted by Crippen LogP contribution is -2.25. The van der Waals surface area contributed by atoms with Gasteiger partial charge in [-0.05, 0) is 39.0 Å². The molecule has 0 rings (SSSR count). The van der Waals surface area contributed by atoms with Crippen molar-refractivity contribution in [2.24, 2.45) is 5.92 Å². The molecule has 92 valence electrons. The maximum absolute atomic E-state index is 11.5. The number of allylic oxidation sites excluding steroid dienone is 2. The Labute approximate surface area is 99.8 Å². The fourth-order valence-electron chi connectivity index (χ4n) is 1.46. The van der Waals surface area contributed by atoms with E-state index in [1.807, 2.05) is 6.08 Å². The first kappa shape index (κ1) is 14.9. The Balaban J connectivity index is 3.61. The Bertz CT molecular complexity index is 239. The predicted octanol–water partition coefficient (Wildman–Crippen LogP) is 3.45. The summed E-state index contributed by atoms with van der Waals surface area (Å²) < 4.78 is 0. The summed E-state index contributed by atoms with van der Waals surface area (Å²) in [5.41, 5.74) is 1.35. The number of carbonyl (C=O) groups is 1. The molecule has 0 fully saturated rings. The van der Waals surface area contributed by atoms with E-state index in [0.717, 1.165) is 19.3 Å². The molecule has 0 aliphatic heterocycles. The second kappa shape index (κ2) is 9.20. The first-order valence-corrected chi connectivity index (χ1v) is 6.07. The van der Waals surface area contributed by atoms with Gasteiger partial charge in [-0.25, -0.2) is 0 Å². The van der Waals surface area contributed by atoms with E-state index in [1.54, 1.807) is 0 Å². The molecule has 1 atom stereocenters. The van der Waals surface area contributed by atoms with Crippen LogP contribution in [0.2, 0.25) is 0 Å². The highest BCUT2D eigenvalue weighted by Gasteiger charge is 2.07. The van der Waals surface area contributed by atoms with Gasteiger partial charge in [0, 0.05) is 13.0 Å². The third-order valence-electron chi connectivity index (χ3n) is 2.42. The highest BCUT2D eigenvalue weighted by atomic mass is 16.1. The van der Waals surface area contributed by atoms with E-state index in [-0.39, 0.29) is 5.91 Å². The zero-order valence-electron chi connectivity index (χ0n) is 10.9. The molecule has 0 aromatic rings. The molecule has 1 unspecified atom stereocenters. The number of hydrogen-bond donors (Lipinski definition) is 1. The van der Waals surface area contributed by atoms with Crippen LogP contribution in [0.25, 0.3) is 0 Å². The zero-order chi connectivity index (χ0) is 12.4. The molecule has 0 aliphatic rings. The summed E-state index contributed by atoms with van der Waals surface area (Å²) in [4.78, 5) is 11.5. The van der Waals surface area contributed by atoms with Gasteiger partial charge in [-0.1, -0.05) is 24.6 Å². The number of hydrogen-bond acceptors (Lipinski definition) is 1. The van der Waals surface area contributed by atoms with Crippen LogP contribution in [-0.2, 0) is 4.79 Å². The third kappa shape index (κ3) is 9.50. The third-order valence-corrected chi connectivity index (χ3v) is 2.42. The first-order valence-electron chi connectivity index (χ1n) is 6.07. The average Bonchev–Trinajstić information content (AvgIpc) is 2.17. The molecule has 0 radical (unpaired) electrons. The summed E-state index contributed by atoms with van der Waals surface area (Å²) in [6, 6.07) is 0. The van der Waals surface area contributed by atoms with Crippen LogP contribution in [0.1, 0.15) is 46.5 Å². The van der Waals surface area contributed by atoms with Crippen LogP contribution >= 0.6 is 0 Å². The summed E-state index contributed by atoms with van der Waals surface area (Å²) in [7, 11) is 0. The number of amides is 1. The van der Waals surface area contributed by atoms with Crippen LogP contribution in [0.5, 0.6) is 0 Å². The molecule has 0 saturated heterocycles. The van der Waals surface area contributed by atoms with Crippen LogP contribution in [0.4, 0.5) is 0 Å². The van der Waals surface area contributed by atoms with Gasteiger partial charge in [0.05, 0.1) is 0 Å². The number of carbonyl (C=O) groups excluding carboxylic acids is 1. The van der Waals surface area contributed by atoms with E-state index in [4.69, 9.17) is 0 Å². The molecular weight excluding hydrogens is 198 g/mol. The maximum atomic E-state index is 11.5. The molecule has 0 aromatic carbocycles. The molecule has 0 aromatic heterocycles. The molecule has 1 amide bonds. The van der Waals surface area contributed by atoms with Crippen molar-refractivity contribution in [3.05, 3.63) is 24.3 Å². The van der Waals surface area contributed by atoms with E-state index in [0.29, 0.717) is 18.9 Å². The molecule has 0 aliphatic carbocycles. The highest BCUT2D eigenvalue weighted by molar-refractivity contribution is 5.76. The van der Waals surface area contributed by atoms with Gasteiger partial charge in [0.25, 0.3) is 0 Å². The lowest BCUT2D eigenvalue weighted by Gasteiger charge is -2.10. The predicted molar refractivity (Wildman–Crippen MR) is 70.3 cm³/mol. The minimum absolute atomic E-state index is 0.159. The number of rotatable bonds is 8. The van der Waals surface area contributed by atoms with Crippen LogP contribution in [0.3, 0.4) is 0 Å². The topological polar surface area (TPSA) is 29.1 Å². The SMILES string of the molecule is C=CCCNC(=O)CC(C)CCC=C(C)C. The van der Waals surface area contributed by atoms with Crippen molar-refractivity contribution in [2.45, 2.75) is 46.5 Å². The maximum Gasteiger partial charge on any atom is 0.220 e. The van der Waals surface area contributed by atoms with Crippen molar-refractivity contribution in [3.8, 4) is 0 Å². The molecular formula is C14H25NO. The van der Waals surface area contributed by atoms with Crippen LogP contribution in [-0.4, -0.2) is 12.5 Å². The normalized spacial score (nSPS) is 11.7. The van der Waals surface area contributed by atoms with Crippen LogP contribution in [0.15, 0.2) is 24.3 Å². The van der Waals surface area contributed by atoms with Crippen molar-refractivity contribution in [1.29, 1.82) is 0 Å². The minimum Gasteiger partial charge on any atom is -0.356 e.